The van der Waals surface area contributed by atoms with Crippen molar-refractivity contribution < 1.29 is 79.0 Å². The molecule has 0 aromatic heterocycles. The predicted molar refractivity (Wildman–Crippen MR) is 117 cm³/mol. The van der Waals surface area contributed by atoms with Gasteiger partial charge in [0, 0.05) is 0 Å². The molecule has 0 saturated carbocycles. The van der Waals surface area contributed by atoms with Gasteiger partial charge in [0.25, 0.3) is 0 Å². The molecule has 0 saturated heterocycles. The van der Waals surface area contributed by atoms with Crippen LogP contribution in [0.15, 0.2) is 42.5 Å². The van der Waals surface area contributed by atoms with Gasteiger partial charge in [0.2, 0.25) is 0 Å². The number of hydrogen-bond acceptors (Lipinski definition) is 0. The molecule has 3 aromatic carbocycles. The monoisotopic (exact) mass is 670 g/mol. The fourth-order valence-corrected chi connectivity index (χ4v) is 4.81. The van der Waals surface area contributed by atoms with Crippen LogP contribution in [0.1, 0.15) is 33.4 Å². The van der Waals surface area contributed by atoms with E-state index < -0.39 is 110 Å². The van der Waals surface area contributed by atoms with Crippen LogP contribution in [0, 0.1) is 0 Å². The highest BCUT2D eigenvalue weighted by molar-refractivity contribution is 7.28. The maximum atomic E-state index is 14.1. The fraction of sp³-hybridized carbons (Fsp3) is 0.250. The zero-order valence-electron chi connectivity index (χ0n) is 19.9. The number of alkyl halides is 18. The Kier molecular flexibility index (Phi) is 8.36. The summed E-state index contributed by atoms with van der Waals surface area (Å²) in [6.45, 7) is 0. The van der Waals surface area contributed by atoms with E-state index in [1.807, 2.05) is 0 Å². The van der Waals surface area contributed by atoms with Crippen molar-refractivity contribution in [2.75, 3.05) is 0 Å². The van der Waals surface area contributed by atoms with Gasteiger partial charge in [-0.15, -0.1) is 9.24 Å². The third-order valence-electron chi connectivity index (χ3n) is 5.81. The van der Waals surface area contributed by atoms with Gasteiger partial charge < -0.3 is 0 Å². The molecule has 0 amide bonds. The first kappa shape index (κ1) is 34.3. The lowest BCUT2D eigenvalue weighted by atomic mass is 9.84. The van der Waals surface area contributed by atoms with Gasteiger partial charge in [-0.3, -0.25) is 0 Å². The molecule has 0 nitrogen and oxygen atoms in total. The molecular weight excluding hydrogens is 661 g/mol. The van der Waals surface area contributed by atoms with Gasteiger partial charge in [-0.05, 0) is 39.7 Å². The summed E-state index contributed by atoms with van der Waals surface area (Å²) in [5.41, 5.74) is -24.9. The second kappa shape index (κ2) is 10.5. The van der Waals surface area contributed by atoms with Crippen molar-refractivity contribution in [2.24, 2.45) is 0 Å². The van der Waals surface area contributed by atoms with Crippen LogP contribution >= 0.6 is 9.24 Å². The van der Waals surface area contributed by atoms with Crippen LogP contribution in [0.25, 0.3) is 22.3 Å². The molecule has 1 atom stereocenters. The summed E-state index contributed by atoms with van der Waals surface area (Å²) in [4.78, 5) is 0. The van der Waals surface area contributed by atoms with Crippen LogP contribution < -0.4 is 5.30 Å². The zero-order chi connectivity index (χ0) is 33.3. The Morgan fingerprint density at radius 1 is 0.349 bits per heavy atom. The minimum Gasteiger partial charge on any atom is -0.166 e. The molecule has 0 fully saturated rings. The SMILES string of the molecule is FC(F)(F)c1ccc(-c2cccc(P)c2-c2ccc(C(F)(F)F)c(C(F)(F)F)c2C(F)(F)F)c(C(F)(F)F)c1C(F)(F)F. The summed E-state index contributed by atoms with van der Waals surface area (Å²) in [6.07, 6.45) is -37.5. The summed E-state index contributed by atoms with van der Waals surface area (Å²) >= 11 is 0. The Bertz CT molecular complexity index is 1530. The third-order valence-corrected chi connectivity index (χ3v) is 6.29. The number of benzene rings is 3. The van der Waals surface area contributed by atoms with E-state index in [4.69, 9.17) is 0 Å². The van der Waals surface area contributed by atoms with Crippen LogP contribution in [-0.2, 0) is 37.1 Å². The van der Waals surface area contributed by atoms with Crippen molar-refractivity contribution in [1.82, 2.24) is 0 Å². The van der Waals surface area contributed by atoms with Crippen LogP contribution in [0.3, 0.4) is 0 Å². The van der Waals surface area contributed by atoms with Gasteiger partial charge >= 0.3 is 37.1 Å². The molecule has 0 bridgehead atoms. The molecular formula is C24H9F18P. The second-order valence-corrected chi connectivity index (χ2v) is 9.20. The highest BCUT2D eigenvalue weighted by Gasteiger charge is 2.53. The van der Waals surface area contributed by atoms with Crippen LogP contribution in [0.4, 0.5) is 79.0 Å². The van der Waals surface area contributed by atoms with Crippen molar-refractivity contribution in [1.29, 1.82) is 0 Å². The first-order valence-electron chi connectivity index (χ1n) is 10.8. The first-order chi connectivity index (χ1) is 19.1. The Hall–Kier alpha value is -3.17. The summed E-state index contributed by atoms with van der Waals surface area (Å²) in [5, 5.41) is -0.766. The van der Waals surface area contributed by atoms with E-state index in [1.54, 1.807) is 9.24 Å². The molecule has 3 aromatic rings. The van der Waals surface area contributed by atoms with Gasteiger partial charge in [0.15, 0.2) is 0 Å². The lowest BCUT2D eigenvalue weighted by molar-refractivity contribution is -0.174. The number of halogens is 18. The van der Waals surface area contributed by atoms with Gasteiger partial charge in [0.05, 0.1) is 33.4 Å². The summed E-state index contributed by atoms with van der Waals surface area (Å²) < 4.78 is 247. The summed E-state index contributed by atoms with van der Waals surface area (Å²) in [5.74, 6) is 0. The predicted octanol–water partition coefficient (Wildman–Crippen LogP) is 10.6. The number of hydrogen-bond donors (Lipinski definition) is 0. The van der Waals surface area contributed by atoms with E-state index in [1.165, 1.54) is 0 Å². The van der Waals surface area contributed by atoms with E-state index in [0.29, 0.717) is 12.1 Å². The van der Waals surface area contributed by atoms with Gasteiger partial charge in [-0.1, -0.05) is 30.3 Å². The van der Waals surface area contributed by atoms with E-state index in [9.17, 15) is 79.0 Å². The van der Waals surface area contributed by atoms with Crippen molar-refractivity contribution >= 4 is 14.5 Å². The minimum absolute atomic E-state index is 0.185. The lowest BCUT2D eigenvalue weighted by Crippen LogP contribution is -2.25. The molecule has 0 aliphatic heterocycles. The maximum Gasteiger partial charge on any atom is 0.417 e. The van der Waals surface area contributed by atoms with Crippen molar-refractivity contribution in [2.45, 2.75) is 37.1 Å². The molecule has 0 heterocycles. The average molecular weight is 670 g/mol. The smallest absolute Gasteiger partial charge is 0.166 e. The topological polar surface area (TPSA) is 0 Å². The molecule has 19 heteroatoms. The van der Waals surface area contributed by atoms with E-state index in [2.05, 4.69) is 0 Å². The molecule has 0 radical (unpaired) electrons. The van der Waals surface area contributed by atoms with Crippen molar-refractivity contribution in [3.63, 3.8) is 0 Å². The molecule has 1 unspecified atom stereocenters. The molecule has 0 aliphatic rings. The maximum absolute atomic E-state index is 14.1. The Balaban J connectivity index is 2.67. The second-order valence-electron chi connectivity index (χ2n) is 8.58. The zero-order valence-corrected chi connectivity index (χ0v) is 21.1. The average Bonchev–Trinajstić information content (AvgIpc) is 2.78. The normalized spacial score (nSPS) is 13.9. The Labute approximate surface area is 229 Å². The highest BCUT2D eigenvalue weighted by Crippen LogP contribution is 2.54. The van der Waals surface area contributed by atoms with Crippen molar-refractivity contribution in [3.05, 3.63) is 75.8 Å². The Morgan fingerprint density at radius 3 is 1.05 bits per heavy atom. The van der Waals surface area contributed by atoms with Crippen LogP contribution in [0.5, 0.6) is 0 Å². The van der Waals surface area contributed by atoms with E-state index >= 15 is 0 Å². The van der Waals surface area contributed by atoms with E-state index in [-0.39, 0.29) is 12.1 Å². The van der Waals surface area contributed by atoms with Crippen molar-refractivity contribution in [3.8, 4) is 22.3 Å². The standard InChI is InChI=1S/C24H9F18P/c25-19(26,27)11-6-4-9(15(21(31,32)33)17(11)23(37,38)39)8-2-1-3-13(43)14(8)10-5-7-12(20(28,29)30)18(24(40,41)42)16(10)22(34,35)36/h1-7H,43H2. The van der Waals surface area contributed by atoms with Gasteiger partial charge in [-0.25, -0.2) is 0 Å². The third kappa shape index (κ3) is 6.68. The van der Waals surface area contributed by atoms with Gasteiger partial charge in [-0.2, -0.15) is 79.0 Å². The molecule has 236 valence electrons. The molecule has 0 N–H and O–H groups in total. The molecule has 43 heavy (non-hydrogen) atoms. The van der Waals surface area contributed by atoms with Crippen LogP contribution in [0.2, 0.25) is 0 Å². The highest BCUT2D eigenvalue weighted by atomic mass is 31.0. The fourth-order valence-electron chi connectivity index (χ4n) is 4.38. The van der Waals surface area contributed by atoms with Gasteiger partial charge in [0.1, 0.15) is 0 Å². The largest absolute Gasteiger partial charge is 0.417 e. The Morgan fingerprint density at radius 2 is 0.698 bits per heavy atom. The molecule has 0 spiro atoms. The number of rotatable bonds is 2. The van der Waals surface area contributed by atoms with Crippen LogP contribution in [-0.4, -0.2) is 0 Å². The lowest BCUT2D eigenvalue weighted by Gasteiger charge is -2.27. The summed E-state index contributed by atoms with van der Waals surface area (Å²) in [6, 6.07) is 0.454. The quantitative estimate of drug-likeness (QED) is 0.188. The first-order valence-corrected chi connectivity index (χ1v) is 11.3. The molecule has 3 rings (SSSR count). The van der Waals surface area contributed by atoms with E-state index in [0.717, 1.165) is 6.07 Å². The minimum atomic E-state index is -6.39. The molecule has 0 aliphatic carbocycles. The summed E-state index contributed by atoms with van der Waals surface area (Å²) in [7, 11) is 1.55.